The molecule has 0 atom stereocenters. The molecule has 1 aromatic carbocycles. The Morgan fingerprint density at radius 3 is 2.67 bits per heavy atom. The summed E-state index contributed by atoms with van der Waals surface area (Å²) in [5.74, 6) is -1.76. The largest absolute Gasteiger partial charge is 0.397 e. The Kier molecular flexibility index (Phi) is 2.33. The Morgan fingerprint density at radius 2 is 1.93 bits per heavy atom. The fraction of sp³-hybridized carbons (Fsp3) is 0. The zero-order valence-corrected chi connectivity index (χ0v) is 7.74. The third-order valence-corrected chi connectivity index (χ3v) is 2.02. The van der Waals surface area contributed by atoms with Crippen molar-refractivity contribution in [2.24, 2.45) is 0 Å². The SMILES string of the molecule is Nc1cncc(-c2cccc(F)c2F)c1. The second-order valence-corrected chi connectivity index (χ2v) is 3.11. The van der Waals surface area contributed by atoms with Crippen molar-refractivity contribution >= 4 is 5.69 Å². The van der Waals surface area contributed by atoms with Gasteiger partial charge in [-0.15, -0.1) is 0 Å². The van der Waals surface area contributed by atoms with Gasteiger partial charge < -0.3 is 5.73 Å². The van der Waals surface area contributed by atoms with Crippen molar-refractivity contribution in [3.8, 4) is 11.1 Å². The van der Waals surface area contributed by atoms with Gasteiger partial charge in [0, 0.05) is 23.5 Å². The Balaban J connectivity index is 2.59. The predicted octanol–water partition coefficient (Wildman–Crippen LogP) is 2.61. The first kappa shape index (κ1) is 9.58. The van der Waals surface area contributed by atoms with Gasteiger partial charge in [0.15, 0.2) is 11.6 Å². The van der Waals surface area contributed by atoms with Crippen LogP contribution >= 0.6 is 0 Å². The summed E-state index contributed by atoms with van der Waals surface area (Å²) in [4.78, 5) is 3.82. The number of halogens is 2. The highest BCUT2D eigenvalue weighted by molar-refractivity contribution is 5.66. The molecule has 2 nitrogen and oxygen atoms in total. The highest BCUT2D eigenvalue weighted by Crippen LogP contribution is 2.24. The van der Waals surface area contributed by atoms with Gasteiger partial charge in [-0.2, -0.15) is 0 Å². The topological polar surface area (TPSA) is 38.9 Å². The number of nitrogen functional groups attached to an aromatic ring is 1. The lowest BCUT2D eigenvalue weighted by atomic mass is 10.1. The molecule has 0 aliphatic heterocycles. The standard InChI is InChI=1S/C11H8F2N2/c12-10-3-1-2-9(11(10)13)7-4-8(14)6-15-5-7/h1-6H,14H2. The van der Waals surface area contributed by atoms with Crippen LogP contribution in [0, 0.1) is 11.6 Å². The number of rotatable bonds is 1. The molecule has 4 heteroatoms. The molecule has 0 saturated heterocycles. The number of aromatic nitrogens is 1. The fourth-order valence-electron chi connectivity index (χ4n) is 1.33. The van der Waals surface area contributed by atoms with Crippen LogP contribution in [-0.2, 0) is 0 Å². The molecule has 0 bridgehead atoms. The van der Waals surface area contributed by atoms with E-state index in [1.165, 1.54) is 24.5 Å². The molecule has 76 valence electrons. The smallest absolute Gasteiger partial charge is 0.166 e. The minimum Gasteiger partial charge on any atom is -0.397 e. The van der Waals surface area contributed by atoms with Crippen molar-refractivity contribution in [1.29, 1.82) is 0 Å². The van der Waals surface area contributed by atoms with E-state index in [0.717, 1.165) is 6.07 Å². The van der Waals surface area contributed by atoms with Gasteiger partial charge in [0.25, 0.3) is 0 Å². The lowest BCUT2D eigenvalue weighted by Gasteiger charge is -2.04. The molecule has 2 N–H and O–H groups in total. The molecular weight excluding hydrogens is 198 g/mol. The van der Waals surface area contributed by atoms with E-state index < -0.39 is 11.6 Å². The molecule has 1 aromatic heterocycles. The van der Waals surface area contributed by atoms with E-state index in [1.807, 2.05) is 0 Å². The third-order valence-electron chi connectivity index (χ3n) is 2.02. The summed E-state index contributed by atoms with van der Waals surface area (Å²) >= 11 is 0. The van der Waals surface area contributed by atoms with Crippen LogP contribution in [0.4, 0.5) is 14.5 Å². The lowest BCUT2D eigenvalue weighted by molar-refractivity contribution is 0.511. The number of hydrogen-bond acceptors (Lipinski definition) is 2. The van der Waals surface area contributed by atoms with Crippen molar-refractivity contribution in [3.63, 3.8) is 0 Å². The first-order chi connectivity index (χ1) is 7.18. The summed E-state index contributed by atoms with van der Waals surface area (Å²) in [5.41, 5.74) is 6.55. The molecule has 0 aliphatic carbocycles. The van der Waals surface area contributed by atoms with Crippen molar-refractivity contribution < 1.29 is 8.78 Å². The molecule has 2 aromatic rings. The number of nitrogens with two attached hydrogens (primary N) is 1. The molecule has 0 fully saturated rings. The normalized spacial score (nSPS) is 10.3. The van der Waals surface area contributed by atoms with Crippen LogP contribution in [0.25, 0.3) is 11.1 Å². The highest BCUT2D eigenvalue weighted by atomic mass is 19.2. The van der Waals surface area contributed by atoms with Crippen LogP contribution < -0.4 is 5.73 Å². The van der Waals surface area contributed by atoms with Gasteiger partial charge >= 0.3 is 0 Å². The first-order valence-electron chi connectivity index (χ1n) is 4.33. The van der Waals surface area contributed by atoms with Crippen molar-refractivity contribution in [2.75, 3.05) is 5.73 Å². The predicted molar refractivity (Wildman–Crippen MR) is 54.0 cm³/mol. The monoisotopic (exact) mass is 206 g/mol. The van der Waals surface area contributed by atoms with E-state index in [0.29, 0.717) is 11.3 Å². The van der Waals surface area contributed by atoms with E-state index in [9.17, 15) is 8.78 Å². The Bertz CT molecular complexity index is 498. The second-order valence-electron chi connectivity index (χ2n) is 3.11. The van der Waals surface area contributed by atoms with Gasteiger partial charge in [-0.25, -0.2) is 8.78 Å². The molecule has 0 unspecified atom stereocenters. The van der Waals surface area contributed by atoms with Crippen LogP contribution in [0.5, 0.6) is 0 Å². The van der Waals surface area contributed by atoms with E-state index in [-0.39, 0.29) is 5.56 Å². The zero-order valence-electron chi connectivity index (χ0n) is 7.74. The number of nitrogens with zero attached hydrogens (tertiary/aromatic N) is 1. The van der Waals surface area contributed by atoms with Crippen LogP contribution in [0.2, 0.25) is 0 Å². The van der Waals surface area contributed by atoms with Crippen LogP contribution in [0.1, 0.15) is 0 Å². The molecule has 15 heavy (non-hydrogen) atoms. The Hall–Kier alpha value is -1.97. The highest BCUT2D eigenvalue weighted by Gasteiger charge is 2.09. The Labute approximate surface area is 85.4 Å². The van der Waals surface area contributed by atoms with Crippen molar-refractivity contribution in [1.82, 2.24) is 4.98 Å². The minimum absolute atomic E-state index is 0.162. The molecular formula is C11H8F2N2. The molecule has 2 rings (SSSR count). The summed E-state index contributed by atoms with van der Waals surface area (Å²) in [6.45, 7) is 0. The van der Waals surface area contributed by atoms with Crippen molar-refractivity contribution in [2.45, 2.75) is 0 Å². The molecule has 0 aliphatic rings. The van der Waals surface area contributed by atoms with E-state index in [1.54, 1.807) is 6.07 Å². The Morgan fingerprint density at radius 1 is 1.13 bits per heavy atom. The van der Waals surface area contributed by atoms with Gasteiger partial charge in [-0.3, -0.25) is 4.98 Å². The molecule has 1 heterocycles. The minimum atomic E-state index is -0.884. The zero-order chi connectivity index (χ0) is 10.8. The third kappa shape index (κ3) is 1.79. The maximum absolute atomic E-state index is 13.4. The van der Waals surface area contributed by atoms with E-state index in [2.05, 4.69) is 4.98 Å². The van der Waals surface area contributed by atoms with Gasteiger partial charge in [-0.05, 0) is 12.1 Å². The lowest BCUT2D eigenvalue weighted by Crippen LogP contribution is -1.92. The quantitative estimate of drug-likeness (QED) is 0.778. The molecule has 0 amide bonds. The molecule has 0 spiro atoms. The summed E-state index contributed by atoms with van der Waals surface area (Å²) in [6.07, 6.45) is 2.88. The summed E-state index contributed by atoms with van der Waals surface area (Å²) in [7, 11) is 0. The maximum Gasteiger partial charge on any atom is 0.166 e. The van der Waals surface area contributed by atoms with Gasteiger partial charge in [-0.1, -0.05) is 12.1 Å². The number of benzene rings is 1. The molecule has 0 radical (unpaired) electrons. The summed E-state index contributed by atoms with van der Waals surface area (Å²) in [6, 6.07) is 5.54. The average Bonchev–Trinajstić information content (AvgIpc) is 2.22. The van der Waals surface area contributed by atoms with Crippen molar-refractivity contribution in [3.05, 3.63) is 48.3 Å². The van der Waals surface area contributed by atoms with Crippen LogP contribution in [0.3, 0.4) is 0 Å². The summed E-state index contributed by atoms with van der Waals surface area (Å²) in [5, 5.41) is 0. The van der Waals surface area contributed by atoms with Gasteiger partial charge in [0.1, 0.15) is 0 Å². The molecule has 0 saturated carbocycles. The number of hydrogen-bond donors (Lipinski definition) is 1. The average molecular weight is 206 g/mol. The van der Waals surface area contributed by atoms with Gasteiger partial charge in [0.05, 0.1) is 5.69 Å². The first-order valence-corrected chi connectivity index (χ1v) is 4.33. The second kappa shape index (κ2) is 3.65. The van der Waals surface area contributed by atoms with E-state index >= 15 is 0 Å². The maximum atomic E-state index is 13.4. The summed E-state index contributed by atoms with van der Waals surface area (Å²) < 4.78 is 26.3. The fourth-order valence-corrected chi connectivity index (χ4v) is 1.33. The van der Waals surface area contributed by atoms with E-state index in [4.69, 9.17) is 5.73 Å². The number of pyridine rings is 1. The number of anilines is 1. The van der Waals surface area contributed by atoms with Crippen LogP contribution in [0.15, 0.2) is 36.7 Å². The van der Waals surface area contributed by atoms with Crippen LogP contribution in [-0.4, -0.2) is 4.98 Å². The van der Waals surface area contributed by atoms with Gasteiger partial charge in [0.2, 0.25) is 0 Å².